The van der Waals surface area contributed by atoms with Gasteiger partial charge < -0.3 is 4.42 Å². The van der Waals surface area contributed by atoms with Gasteiger partial charge in [0.15, 0.2) is 0 Å². The maximum atomic E-state index is 6.32. The fourth-order valence-corrected chi connectivity index (χ4v) is 7.61. The first-order chi connectivity index (χ1) is 22.3. The van der Waals surface area contributed by atoms with Gasteiger partial charge in [0.05, 0.1) is 0 Å². The maximum Gasteiger partial charge on any atom is 0.136 e. The Morgan fingerprint density at radius 2 is 0.844 bits per heavy atom. The van der Waals surface area contributed by atoms with E-state index in [-0.39, 0.29) is 0 Å². The molecule has 0 spiro atoms. The molecule has 0 fully saturated rings. The Balaban J connectivity index is 1.23. The number of rotatable bonds is 3. The highest BCUT2D eigenvalue weighted by Gasteiger charge is 2.21. The van der Waals surface area contributed by atoms with Crippen molar-refractivity contribution in [2.24, 2.45) is 0 Å². The fraction of sp³-hybridized carbons (Fsp3) is 0. The second-order valence-electron chi connectivity index (χ2n) is 12.0. The van der Waals surface area contributed by atoms with Crippen molar-refractivity contribution >= 4 is 65.0 Å². The van der Waals surface area contributed by atoms with E-state index < -0.39 is 0 Å². The fourth-order valence-electron chi connectivity index (χ4n) is 7.61. The minimum absolute atomic E-state index is 0.942. The van der Waals surface area contributed by atoms with Gasteiger partial charge in [-0.25, -0.2) is 0 Å². The third-order valence-corrected chi connectivity index (χ3v) is 9.60. The lowest BCUT2D eigenvalue weighted by atomic mass is 9.83. The molecule has 0 aliphatic heterocycles. The van der Waals surface area contributed by atoms with Crippen LogP contribution in [0.5, 0.6) is 0 Å². The van der Waals surface area contributed by atoms with Crippen molar-refractivity contribution in [1.29, 1.82) is 0 Å². The molecule has 0 radical (unpaired) electrons. The van der Waals surface area contributed by atoms with Crippen LogP contribution in [0.2, 0.25) is 0 Å². The summed E-state index contributed by atoms with van der Waals surface area (Å²) in [5.41, 5.74) is 9.36. The third-order valence-electron chi connectivity index (χ3n) is 9.60. The van der Waals surface area contributed by atoms with Gasteiger partial charge in [0.2, 0.25) is 0 Å². The molecule has 45 heavy (non-hydrogen) atoms. The Kier molecular flexibility index (Phi) is 5.06. The summed E-state index contributed by atoms with van der Waals surface area (Å²) >= 11 is 0. The quantitative estimate of drug-likeness (QED) is 0.152. The Morgan fingerprint density at radius 3 is 1.58 bits per heavy atom. The van der Waals surface area contributed by atoms with Crippen LogP contribution in [0.1, 0.15) is 0 Å². The summed E-state index contributed by atoms with van der Waals surface area (Å²) in [7, 11) is 0. The third kappa shape index (κ3) is 3.56. The van der Waals surface area contributed by atoms with Crippen molar-refractivity contribution in [3.05, 3.63) is 158 Å². The number of fused-ring (bicyclic) bond motifs is 3. The molecule has 1 aromatic heterocycles. The predicted octanol–water partition coefficient (Wildman–Crippen LogP) is 12.6. The number of hydrogen-bond acceptors (Lipinski definition) is 1. The zero-order valence-electron chi connectivity index (χ0n) is 24.4. The summed E-state index contributed by atoms with van der Waals surface area (Å²) in [6.45, 7) is 0. The average Bonchev–Trinajstić information content (AvgIpc) is 3.50. The van der Waals surface area contributed by atoms with Crippen LogP contribution in [-0.4, -0.2) is 0 Å². The second kappa shape index (κ2) is 9.29. The molecule has 208 valence electrons. The van der Waals surface area contributed by atoms with Gasteiger partial charge in [0.1, 0.15) is 11.2 Å². The molecule has 9 aromatic carbocycles. The van der Waals surface area contributed by atoms with Gasteiger partial charge in [-0.2, -0.15) is 0 Å². The van der Waals surface area contributed by atoms with E-state index >= 15 is 0 Å². The molecule has 0 saturated carbocycles. The summed E-state index contributed by atoms with van der Waals surface area (Å²) in [4.78, 5) is 0. The normalized spacial score (nSPS) is 12.0. The largest absolute Gasteiger partial charge is 0.456 e. The van der Waals surface area contributed by atoms with Crippen LogP contribution in [0.25, 0.3) is 98.4 Å². The number of furan rings is 1. The van der Waals surface area contributed by atoms with E-state index in [0.717, 1.165) is 11.2 Å². The standard InChI is InChI=1S/C44H26O/c1-2-10-30-25-31(24-21-27(30)9-1)28-19-22-29(23-20-28)41-33-12-3-5-14-35(33)43(36-15-6-4-13-34(36)41)38-26-32-11-7-17-39-42(32)44-37(38)16-8-18-40(44)45-39/h1-26H. The van der Waals surface area contributed by atoms with Crippen LogP contribution in [0.15, 0.2) is 162 Å². The van der Waals surface area contributed by atoms with Crippen molar-refractivity contribution in [3.8, 4) is 33.4 Å². The molecule has 1 nitrogen and oxygen atoms in total. The smallest absolute Gasteiger partial charge is 0.136 e. The van der Waals surface area contributed by atoms with E-state index in [1.165, 1.54) is 87.2 Å². The monoisotopic (exact) mass is 570 g/mol. The SMILES string of the molecule is c1ccc2cc(-c3ccc(-c4c5ccccc5c(-c5cc6cccc7oc8cccc5c8c67)c5ccccc45)cc3)ccc2c1. The first-order valence-electron chi connectivity index (χ1n) is 15.5. The van der Waals surface area contributed by atoms with Crippen LogP contribution < -0.4 is 0 Å². The number of hydrogen-bond donors (Lipinski definition) is 0. The minimum atomic E-state index is 0.942. The molecule has 0 aliphatic rings. The Bertz CT molecular complexity index is 2690. The van der Waals surface area contributed by atoms with Crippen molar-refractivity contribution in [3.63, 3.8) is 0 Å². The first-order valence-corrected chi connectivity index (χ1v) is 15.5. The molecular weight excluding hydrogens is 544 g/mol. The van der Waals surface area contributed by atoms with Crippen LogP contribution >= 0.6 is 0 Å². The molecule has 0 amide bonds. The molecule has 0 N–H and O–H groups in total. The molecule has 0 bridgehead atoms. The molecule has 10 rings (SSSR count). The van der Waals surface area contributed by atoms with Crippen molar-refractivity contribution in [2.75, 3.05) is 0 Å². The van der Waals surface area contributed by atoms with Crippen molar-refractivity contribution in [2.45, 2.75) is 0 Å². The Labute approximate surface area is 259 Å². The van der Waals surface area contributed by atoms with E-state index in [4.69, 9.17) is 4.42 Å². The molecule has 0 aliphatic carbocycles. The highest BCUT2D eigenvalue weighted by molar-refractivity contribution is 6.29. The molecule has 10 aromatic rings. The summed E-state index contributed by atoms with van der Waals surface area (Å²) in [6, 6.07) is 57.4. The minimum Gasteiger partial charge on any atom is -0.456 e. The Morgan fingerprint density at radius 1 is 0.311 bits per heavy atom. The van der Waals surface area contributed by atoms with Gasteiger partial charge in [-0.15, -0.1) is 0 Å². The lowest BCUT2D eigenvalue weighted by molar-refractivity contribution is 0.669. The molecule has 1 heteroatoms. The van der Waals surface area contributed by atoms with Gasteiger partial charge in [-0.1, -0.05) is 133 Å². The van der Waals surface area contributed by atoms with E-state index in [1.54, 1.807) is 0 Å². The lowest BCUT2D eigenvalue weighted by Crippen LogP contribution is -1.92. The Hall–Kier alpha value is -5.92. The van der Waals surface area contributed by atoms with Crippen molar-refractivity contribution in [1.82, 2.24) is 0 Å². The highest BCUT2D eigenvalue weighted by Crippen LogP contribution is 2.48. The number of benzene rings is 9. The summed E-state index contributed by atoms with van der Waals surface area (Å²) in [5, 5.41) is 12.4. The van der Waals surface area contributed by atoms with Gasteiger partial charge in [0.25, 0.3) is 0 Å². The van der Waals surface area contributed by atoms with E-state index in [9.17, 15) is 0 Å². The predicted molar refractivity (Wildman–Crippen MR) is 191 cm³/mol. The van der Waals surface area contributed by atoms with E-state index in [1.807, 2.05) is 0 Å². The van der Waals surface area contributed by atoms with Gasteiger partial charge in [0, 0.05) is 10.8 Å². The highest BCUT2D eigenvalue weighted by atomic mass is 16.3. The summed E-state index contributed by atoms with van der Waals surface area (Å²) in [5.74, 6) is 0. The summed E-state index contributed by atoms with van der Waals surface area (Å²) < 4.78 is 6.32. The van der Waals surface area contributed by atoms with Gasteiger partial charge >= 0.3 is 0 Å². The average molecular weight is 571 g/mol. The lowest BCUT2D eigenvalue weighted by Gasteiger charge is -2.19. The van der Waals surface area contributed by atoms with Gasteiger partial charge in [-0.3, -0.25) is 0 Å². The van der Waals surface area contributed by atoms with Gasteiger partial charge in [-0.05, 0) is 101 Å². The van der Waals surface area contributed by atoms with Crippen LogP contribution in [0.4, 0.5) is 0 Å². The zero-order chi connectivity index (χ0) is 29.5. The molecular formula is C44H26O. The van der Waals surface area contributed by atoms with E-state index in [0.29, 0.717) is 0 Å². The zero-order valence-corrected chi connectivity index (χ0v) is 24.4. The topological polar surface area (TPSA) is 13.1 Å². The first kappa shape index (κ1) is 24.5. The van der Waals surface area contributed by atoms with Crippen LogP contribution in [-0.2, 0) is 0 Å². The second-order valence-corrected chi connectivity index (χ2v) is 12.0. The molecule has 0 saturated heterocycles. The molecule has 0 unspecified atom stereocenters. The summed E-state index contributed by atoms with van der Waals surface area (Å²) in [6.07, 6.45) is 0. The van der Waals surface area contributed by atoms with Crippen LogP contribution in [0.3, 0.4) is 0 Å². The maximum absolute atomic E-state index is 6.32. The molecule has 1 heterocycles. The van der Waals surface area contributed by atoms with E-state index in [2.05, 4.69) is 158 Å². The molecule has 0 atom stereocenters. The van der Waals surface area contributed by atoms with Crippen molar-refractivity contribution < 1.29 is 4.42 Å². The van der Waals surface area contributed by atoms with Crippen LogP contribution in [0, 0.1) is 0 Å².